The maximum absolute atomic E-state index is 13.3. The molecule has 0 aliphatic carbocycles. The van der Waals surface area contributed by atoms with Gasteiger partial charge in [0.15, 0.2) is 5.13 Å². The average Bonchev–Trinajstić information content (AvgIpc) is 3.05. The molecule has 138 valence electrons. The summed E-state index contributed by atoms with van der Waals surface area (Å²) in [5.74, 6) is 0.00542. The van der Waals surface area contributed by atoms with Gasteiger partial charge < -0.3 is 4.90 Å². The molecule has 3 rings (SSSR count). The summed E-state index contributed by atoms with van der Waals surface area (Å²) in [6.07, 6.45) is 1.99. The number of hydrogen-bond donors (Lipinski definition) is 0. The highest BCUT2D eigenvalue weighted by Gasteiger charge is 2.23. The molecule has 0 N–H and O–H groups in total. The van der Waals surface area contributed by atoms with Gasteiger partial charge in [0.2, 0.25) is 0 Å². The maximum Gasteiger partial charge on any atom is 0.261 e. The van der Waals surface area contributed by atoms with Crippen molar-refractivity contribution in [2.45, 2.75) is 4.90 Å². The Morgan fingerprint density at radius 3 is 2.46 bits per heavy atom. The number of para-hydroxylation sites is 1. The van der Waals surface area contributed by atoms with Gasteiger partial charge >= 0.3 is 0 Å². The van der Waals surface area contributed by atoms with E-state index in [4.69, 9.17) is 4.98 Å². The van der Waals surface area contributed by atoms with Gasteiger partial charge in [0.25, 0.3) is 5.91 Å². The van der Waals surface area contributed by atoms with Crippen LogP contribution >= 0.6 is 35.5 Å². The summed E-state index contributed by atoms with van der Waals surface area (Å²) in [5.41, 5.74) is 1.66. The fourth-order valence-corrected chi connectivity index (χ4v) is 4.11. The first-order valence-electron chi connectivity index (χ1n) is 8.05. The number of thioether (sulfide) groups is 1. The second-order valence-corrected chi connectivity index (χ2v) is 7.78. The molecule has 1 aromatic heterocycles. The molecular formula is C19H22ClN3OS2. The monoisotopic (exact) mass is 407 g/mol. The summed E-state index contributed by atoms with van der Waals surface area (Å²) in [7, 11) is 4.02. The Kier molecular flexibility index (Phi) is 7.46. The molecule has 0 atom stereocenters. The molecule has 0 unspecified atom stereocenters. The molecule has 0 spiro atoms. The highest BCUT2D eigenvalue weighted by molar-refractivity contribution is 7.98. The molecule has 1 amide bonds. The minimum absolute atomic E-state index is 0. The fourth-order valence-electron chi connectivity index (χ4n) is 2.53. The van der Waals surface area contributed by atoms with E-state index in [0.717, 1.165) is 32.4 Å². The highest BCUT2D eigenvalue weighted by Crippen LogP contribution is 2.31. The van der Waals surface area contributed by atoms with Crippen molar-refractivity contribution >= 4 is 56.8 Å². The van der Waals surface area contributed by atoms with E-state index in [1.165, 1.54) is 0 Å². The van der Waals surface area contributed by atoms with Gasteiger partial charge in [-0.2, -0.15) is 0 Å². The zero-order chi connectivity index (χ0) is 17.8. The molecule has 4 nitrogen and oxygen atoms in total. The van der Waals surface area contributed by atoms with Gasteiger partial charge in [-0.3, -0.25) is 9.69 Å². The fraction of sp³-hybridized carbons (Fsp3) is 0.263. The van der Waals surface area contributed by atoms with Crippen molar-refractivity contribution in [1.82, 2.24) is 9.88 Å². The lowest BCUT2D eigenvalue weighted by atomic mass is 10.2. The summed E-state index contributed by atoms with van der Waals surface area (Å²) < 4.78 is 1.10. The van der Waals surface area contributed by atoms with E-state index < -0.39 is 0 Å². The highest BCUT2D eigenvalue weighted by atomic mass is 35.5. The zero-order valence-corrected chi connectivity index (χ0v) is 17.5. The van der Waals surface area contributed by atoms with Crippen LogP contribution in [0.25, 0.3) is 10.2 Å². The van der Waals surface area contributed by atoms with Gasteiger partial charge in [0.05, 0.1) is 15.8 Å². The number of thiazole rings is 1. The number of aromatic nitrogens is 1. The number of likely N-dealkylation sites (N-methyl/N-ethyl adjacent to an activating group) is 1. The van der Waals surface area contributed by atoms with Crippen LogP contribution in [0.2, 0.25) is 0 Å². The van der Waals surface area contributed by atoms with Crippen molar-refractivity contribution in [2.24, 2.45) is 0 Å². The van der Waals surface area contributed by atoms with Gasteiger partial charge in [-0.1, -0.05) is 35.6 Å². The normalized spacial score (nSPS) is 10.8. The van der Waals surface area contributed by atoms with E-state index in [1.807, 2.05) is 68.9 Å². The topological polar surface area (TPSA) is 36.4 Å². The van der Waals surface area contributed by atoms with Crippen LogP contribution in [0.5, 0.6) is 0 Å². The predicted octanol–water partition coefficient (Wildman–Crippen LogP) is 4.65. The van der Waals surface area contributed by atoms with Crippen LogP contribution in [0.4, 0.5) is 5.13 Å². The Hall–Kier alpha value is -1.60. The Morgan fingerprint density at radius 2 is 1.77 bits per heavy atom. The molecule has 0 radical (unpaired) electrons. The number of rotatable bonds is 6. The lowest BCUT2D eigenvalue weighted by molar-refractivity contribution is 0.0982. The SMILES string of the molecule is CSc1ccccc1C(=O)N(CCN(C)C)c1nc2ccccc2s1.Cl. The summed E-state index contributed by atoms with van der Waals surface area (Å²) in [6, 6.07) is 15.8. The van der Waals surface area contributed by atoms with Crippen LogP contribution in [0.3, 0.4) is 0 Å². The minimum Gasteiger partial charge on any atom is -0.308 e. The molecule has 3 aromatic rings. The molecule has 26 heavy (non-hydrogen) atoms. The molecule has 0 aliphatic rings. The molecule has 0 fully saturated rings. The first kappa shape index (κ1) is 20.7. The third kappa shape index (κ3) is 4.57. The Bertz CT molecular complexity index is 849. The maximum atomic E-state index is 13.3. The molecule has 0 bridgehead atoms. The van der Waals surface area contributed by atoms with Gasteiger partial charge in [0, 0.05) is 18.0 Å². The van der Waals surface area contributed by atoms with E-state index in [1.54, 1.807) is 28.0 Å². The summed E-state index contributed by atoms with van der Waals surface area (Å²) in [4.78, 5) is 22.8. The third-order valence-electron chi connectivity index (χ3n) is 3.87. The molecule has 0 saturated carbocycles. The van der Waals surface area contributed by atoms with E-state index >= 15 is 0 Å². The summed E-state index contributed by atoms with van der Waals surface area (Å²) >= 11 is 3.15. The smallest absolute Gasteiger partial charge is 0.261 e. The third-order valence-corrected chi connectivity index (χ3v) is 5.72. The largest absolute Gasteiger partial charge is 0.308 e. The van der Waals surface area contributed by atoms with Gasteiger partial charge in [-0.05, 0) is 44.6 Å². The lowest BCUT2D eigenvalue weighted by Gasteiger charge is -2.22. The number of fused-ring (bicyclic) bond motifs is 1. The van der Waals surface area contributed by atoms with Crippen molar-refractivity contribution in [3.8, 4) is 0 Å². The van der Waals surface area contributed by atoms with Crippen molar-refractivity contribution < 1.29 is 4.79 Å². The number of carbonyl (C=O) groups excluding carboxylic acids is 1. The number of halogens is 1. The van der Waals surface area contributed by atoms with Crippen LogP contribution in [-0.2, 0) is 0 Å². The van der Waals surface area contributed by atoms with E-state index in [0.29, 0.717) is 6.54 Å². The second-order valence-electron chi connectivity index (χ2n) is 5.92. The Balaban J connectivity index is 0.00000243. The average molecular weight is 408 g/mol. The van der Waals surface area contributed by atoms with Gasteiger partial charge in [-0.25, -0.2) is 4.98 Å². The number of benzene rings is 2. The summed E-state index contributed by atoms with van der Waals surface area (Å²) in [5, 5.41) is 0.754. The van der Waals surface area contributed by atoms with Crippen molar-refractivity contribution in [3.05, 3.63) is 54.1 Å². The first-order valence-corrected chi connectivity index (χ1v) is 10.1. The van der Waals surface area contributed by atoms with Crippen LogP contribution in [0, 0.1) is 0 Å². The van der Waals surface area contributed by atoms with Crippen molar-refractivity contribution in [3.63, 3.8) is 0 Å². The standard InChI is InChI=1S/C19H21N3OS2.ClH/c1-21(2)12-13-22(18(23)14-8-4-6-10-16(14)24-3)19-20-15-9-5-7-11-17(15)25-19;/h4-11H,12-13H2,1-3H3;1H. The molecule has 1 heterocycles. The number of nitrogens with zero attached hydrogens (tertiary/aromatic N) is 3. The Labute approximate surface area is 168 Å². The quantitative estimate of drug-likeness (QED) is 0.557. The number of anilines is 1. The van der Waals surface area contributed by atoms with Gasteiger partial charge in [-0.15, -0.1) is 24.2 Å². The van der Waals surface area contributed by atoms with Crippen LogP contribution in [-0.4, -0.2) is 49.2 Å². The van der Waals surface area contributed by atoms with Crippen molar-refractivity contribution in [1.29, 1.82) is 0 Å². The number of carbonyl (C=O) groups is 1. The summed E-state index contributed by atoms with van der Waals surface area (Å²) in [6.45, 7) is 1.39. The molecule has 0 saturated heterocycles. The minimum atomic E-state index is 0. The van der Waals surface area contributed by atoms with Crippen LogP contribution < -0.4 is 4.90 Å². The first-order chi connectivity index (χ1) is 12.1. The molecule has 0 aliphatic heterocycles. The molecular weight excluding hydrogens is 386 g/mol. The predicted molar refractivity (Wildman–Crippen MR) is 115 cm³/mol. The zero-order valence-electron chi connectivity index (χ0n) is 15.0. The van der Waals surface area contributed by atoms with E-state index in [2.05, 4.69) is 4.90 Å². The van der Waals surface area contributed by atoms with E-state index in [-0.39, 0.29) is 18.3 Å². The van der Waals surface area contributed by atoms with Gasteiger partial charge in [0.1, 0.15) is 0 Å². The Morgan fingerprint density at radius 1 is 1.08 bits per heavy atom. The van der Waals surface area contributed by atoms with Crippen LogP contribution in [0.1, 0.15) is 10.4 Å². The second kappa shape index (κ2) is 9.37. The lowest BCUT2D eigenvalue weighted by Crippen LogP contribution is -2.37. The van der Waals surface area contributed by atoms with Crippen molar-refractivity contribution in [2.75, 3.05) is 38.3 Å². The van der Waals surface area contributed by atoms with Crippen LogP contribution in [0.15, 0.2) is 53.4 Å². The number of hydrogen-bond acceptors (Lipinski definition) is 5. The van der Waals surface area contributed by atoms with E-state index in [9.17, 15) is 4.79 Å². The number of amides is 1. The molecule has 2 aromatic carbocycles. The molecule has 7 heteroatoms.